The summed E-state index contributed by atoms with van der Waals surface area (Å²) in [7, 11) is 1.55. The summed E-state index contributed by atoms with van der Waals surface area (Å²) in [5.41, 5.74) is 6.06. The van der Waals surface area contributed by atoms with Crippen LogP contribution in [0.4, 0.5) is 5.69 Å². The Balaban J connectivity index is 2.94. The van der Waals surface area contributed by atoms with Crippen LogP contribution in [0.2, 0.25) is 0 Å². The van der Waals surface area contributed by atoms with Gasteiger partial charge in [0.05, 0.1) is 11.5 Å². The second-order valence-electron chi connectivity index (χ2n) is 3.65. The molecule has 6 heteroatoms. The summed E-state index contributed by atoms with van der Waals surface area (Å²) < 4.78 is 10.3. The predicted molar refractivity (Wildman–Crippen MR) is 63.0 cm³/mol. The Morgan fingerprint density at radius 1 is 1.53 bits per heavy atom. The minimum absolute atomic E-state index is 0.0732. The molecule has 17 heavy (non-hydrogen) atoms. The number of nitro benzene ring substituents is 1. The fraction of sp³-hybridized carbons (Fsp3) is 0.455. The van der Waals surface area contributed by atoms with Crippen LogP contribution in [-0.2, 0) is 11.3 Å². The van der Waals surface area contributed by atoms with Crippen LogP contribution in [-0.4, -0.2) is 24.7 Å². The van der Waals surface area contributed by atoms with E-state index in [1.807, 2.05) is 0 Å². The third-order valence-corrected chi connectivity index (χ3v) is 2.19. The molecule has 0 saturated carbocycles. The van der Waals surface area contributed by atoms with Gasteiger partial charge in [-0.3, -0.25) is 10.1 Å². The Morgan fingerprint density at radius 3 is 2.76 bits per heavy atom. The predicted octanol–water partition coefficient (Wildman–Crippen LogP) is 1.47. The smallest absolute Gasteiger partial charge is 0.311 e. The summed E-state index contributed by atoms with van der Waals surface area (Å²) >= 11 is 0. The molecule has 0 aliphatic carbocycles. The van der Waals surface area contributed by atoms with Gasteiger partial charge in [-0.1, -0.05) is 6.07 Å². The molecule has 94 valence electrons. The largest absolute Gasteiger partial charge is 0.481 e. The topological polar surface area (TPSA) is 87.6 Å². The lowest BCUT2D eigenvalue weighted by atomic mass is 10.2. The van der Waals surface area contributed by atoms with E-state index in [0.29, 0.717) is 12.2 Å². The van der Waals surface area contributed by atoms with Crippen molar-refractivity contribution in [3.8, 4) is 5.75 Å². The monoisotopic (exact) mass is 240 g/mol. The van der Waals surface area contributed by atoms with E-state index in [1.54, 1.807) is 26.2 Å². The number of hydrogen-bond donors (Lipinski definition) is 1. The van der Waals surface area contributed by atoms with Crippen molar-refractivity contribution in [1.82, 2.24) is 0 Å². The molecule has 1 atom stereocenters. The van der Waals surface area contributed by atoms with Gasteiger partial charge < -0.3 is 15.2 Å². The number of nitro groups is 1. The molecule has 1 aromatic rings. The molecule has 1 unspecified atom stereocenters. The molecule has 0 aliphatic heterocycles. The zero-order chi connectivity index (χ0) is 12.8. The van der Waals surface area contributed by atoms with Crippen molar-refractivity contribution in [1.29, 1.82) is 0 Å². The van der Waals surface area contributed by atoms with Crippen molar-refractivity contribution in [2.24, 2.45) is 5.73 Å². The zero-order valence-corrected chi connectivity index (χ0v) is 9.88. The standard InChI is InChI=1S/C11H16N2O4/c1-8(7-16-2)17-11-4-3-9(6-12)5-10(11)13(14)15/h3-5,8H,6-7,12H2,1-2H3. The second kappa shape index (κ2) is 6.17. The molecule has 6 nitrogen and oxygen atoms in total. The highest BCUT2D eigenvalue weighted by atomic mass is 16.6. The van der Waals surface area contributed by atoms with Crippen LogP contribution in [0.25, 0.3) is 0 Å². The van der Waals surface area contributed by atoms with Crippen LogP contribution in [0.3, 0.4) is 0 Å². The van der Waals surface area contributed by atoms with E-state index < -0.39 is 4.92 Å². The van der Waals surface area contributed by atoms with Crippen LogP contribution in [0.15, 0.2) is 18.2 Å². The van der Waals surface area contributed by atoms with E-state index in [1.165, 1.54) is 6.07 Å². The molecule has 2 N–H and O–H groups in total. The number of nitrogens with zero attached hydrogens (tertiary/aromatic N) is 1. The molecule has 0 radical (unpaired) electrons. The molecule has 1 rings (SSSR count). The van der Waals surface area contributed by atoms with Gasteiger partial charge in [0.2, 0.25) is 0 Å². The van der Waals surface area contributed by atoms with E-state index >= 15 is 0 Å². The number of ether oxygens (including phenoxy) is 2. The fourth-order valence-corrected chi connectivity index (χ4v) is 1.42. The van der Waals surface area contributed by atoms with Gasteiger partial charge in [-0.05, 0) is 18.6 Å². The molecular formula is C11H16N2O4. The molecular weight excluding hydrogens is 224 g/mol. The molecule has 0 spiro atoms. The Kier molecular flexibility index (Phi) is 4.86. The van der Waals surface area contributed by atoms with Gasteiger partial charge in [0, 0.05) is 19.7 Å². The van der Waals surface area contributed by atoms with Crippen molar-refractivity contribution in [3.63, 3.8) is 0 Å². The second-order valence-corrected chi connectivity index (χ2v) is 3.65. The highest BCUT2D eigenvalue weighted by Gasteiger charge is 2.17. The third-order valence-electron chi connectivity index (χ3n) is 2.19. The molecule has 1 aromatic carbocycles. The van der Waals surface area contributed by atoms with Crippen molar-refractivity contribution in [3.05, 3.63) is 33.9 Å². The first-order valence-corrected chi connectivity index (χ1v) is 5.21. The highest BCUT2D eigenvalue weighted by Crippen LogP contribution is 2.28. The Labute approximate surface area is 99.5 Å². The average Bonchev–Trinajstić information content (AvgIpc) is 2.29. The first kappa shape index (κ1) is 13.4. The summed E-state index contributed by atoms with van der Waals surface area (Å²) in [5, 5.41) is 10.9. The Bertz CT molecular complexity index is 395. The zero-order valence-electron chi connectivity index (χ0n) is 9.88. The van der Waals surface area contributed by atoms with E-state index in [-0.39, 0.29) is 24.1 Å². The van der Waals surface area contributed by atoms with Crippen molar-refractivity contribution in [2.45, 2.75) is 19.6 Å². The van der Waals surface area contributed by atoms with Gasteiger partial charge in [0.15, 0.2) is 5.75 Å². The van der Waals surface area contributed by atoms with Crippen molar-refractivity contribution in [2.75, 3.05) is 13.7 Å². The van der Waals surface area contributed by atoms with Gasteiger partial charge in [0.25, 0.3) is 0 Å². The first-order chi connectivity index (χ1) is 8.08. The maximum absolute atomic E-state index is 10.9. The Hall–Kier alpha value is -1.66. The normalized spacial score (nSPS) is 12.2. The van der Waals surface area contributed by atoms with Gasteiger partial charge in [-0.25, -0.2) is 0 Å². The number of rotatable bonds is 6. The number of methoxy groups -OCH3 is 1. The quantitative estimate of drug-likeness (QED) is 0.600. The summed E-state index contributed by atoms with van der Waals surface area (Å²) in [6.07, 6.45) is -0.248. The van der Waals surface area contributed by atoms with Gasteiger partial charge >= 0.3 is 5.69 Å². The van der Waals surface area contributed by atoms with E-state index in [4.69, 9.17) is 15.2 Å². The molecule has 0 fully saturated rings. The van der Waals surface area contributed by atoms with Crippen LogP contribution in [0, 0.1) is 10.1 Å². The molecule has 0 bridgehead atoms. The van der Waals surface area contributed by atoms with E-state index in [9.17, 15) is 10.1 Å². The SMILES string of the molecule is COCC(C)Oc1ccc(CN)cc1[N+](=O)[O-]. The number of hydrogen-bond acceptors (Lipinski definition) is 5. The van der Waals surface area contributed by atoms with Crippen LogP contribution in [0.5, 0.6) is 5.75 Å². The lowest BCUT2D eigenvalue weighted by molar-refractivity contribution is -0.386. The summed E-state index contributed by atoms with van der Waals surface area (Å²) in [4.78, 5) is 10.4. The van der Waals surface area contributed by atoms with Gasteiger partial charge in [-0.2, -0.15) is 0 Å². The van der Waals surface area contributed by atoms with Crippen molar-refractivity contribution < 1.29 is 14.4 Å². The molecule has 0 aliphatic rings. The van der Waals surface area contributed by atoms with Crippen LogP contribution >= 0.6 is 0 Å². The molecule has 0 saturated heterocycles. The summed E-state index contributed by atoms with van der Waals surface area (Å²) in [5.74, 6) is 0.233. The molecule has 0 heterocycles. The molecule has 0 amide bonds. The lowest BCUT2D eigenvalue weighted by Gasteiger charge is -2.13. The van der Waals surface area contributed by atoms with Crippen LogP contribution < -0.4 is 10.5 Å². The minimum Gasteiger partial charge on any atom is -0.481 e. The minimum atomic E-state index is -0.478. The summed E-state index contributed by atoms with van der Waals surface area (Å²) in [6, 6.07) is 4.70. The molecule has 0 aromatic heterocycles. The highest BCUT2D eigenvalue weighted by molar-refractivity contribution is 5.48. The lowest BCUT2D eigenvalue weighted by Crippen LogP contribution is -2.18. The van der Waals surface area contributed by atoms with Crippen LogP contribution in [0.1, 0.15) is 12.5 Å². The first-order valence-electron chi connectivity index (χ1n) is 5.21. The Morgan fingerprint density at radius 2 is 2.24 bits per heavy atom. The maximum Gasteiger partial charge on any atom is 0.311 e. The van der Waals surface area contributed by atoms with E-state index in [2.05, 4.69) is 0 Å². The van der Waals surface area contributed by atoms with Crippen molar-refractivity contribution >= 4 is 5.69 Å². The average molecular weight is 240 g/mol. The van der Waals surface area contributed by atoms with E-state index in [0.717, 1.165) is 0 Å². The summed E-state index contributed by atoms with van der Waals surface area (Å²) in [6.45, 7) is 2.41. The fourth-order valence-electron chi connectivity index (χ4n) is 1.42. The maximum atomic E-state index is 10.9. The third kappa shape index (κ3) is 3.69. The van der Waals surface area contributed by atoms with Gasteiger partial charge in [0.1, 0.15) is 6.10 Å². The number of nitrogens with two attached hydrogens (primary N) is 1. The number of benzene rings is 1. The van der Waals surface area contributed by atoms with Gasteiger partial charge in [-0.15, -0.1) is 0 Å².